The zero-order valence-corrected chi connectivity index (χ0v) is 12.2. The van der Waals surface area contributed by atoms with Crippen LogP contribution in [0.4, 0.5) is 5.69 Å². The Morgan fingerprint density at radius 3 is 2.43 bits per heavy atom. The Kier molecular flexibility index (Phi) is 6.52. The van der Waals surface area contributed by atoms with Crippen LogP contribution in [0.15, 0.2) is 18.2 Å². The number of rotatable bonds is 8. The predicted molar refractivity (Wildman–Crippen MR) is 80.1 cm³/mol. The van der Waals surface area contributed by atoms with Crippen molar-refractivity contribution >= 4 is 17.5 Å². The molecule has 0 aliphatic rings. The number of carbonyl (C=O) groups excluding carboxylic acids is 2. The molecule has 0 saturated heterocycles. The molecule has 0 atom stereocenters. The summed E-state index contributed by atoms with van der Waals surface area (Å²) in [5, 5.41) is 18.9. The van der Waals surface area contributed by atoms with Crippen LogP contribution >= 0.6 is 0 Å². The Bertz CT molecular complexity index is 502. The Morgan fingerprint density at radius 1 is 1.14 bits per heavy atom. The molecule has 6 heteroatoms. The number of hydrogen-bond acceptors (Lipinski definition) is 4. The van der Waals surface area contributed by atoms with E-state index >= 15 is 0 Å². The molecule has 0 heterocycles. The van der Waals surface area contributed by atoms with Crippen molar-refractivity contribution in [1.82, 2.24) is 0 Å². The number of phenols is 2. The molecule has 2 amide bonds. The molecule has 21 heavy (non-hydrogen) atoms. The van der Waals surface area contributed by atoms with Crippen LogP contribution in [0.2, 0.25) is 0 Å². The summed E-state index contributed by atoms with van der Waals surface area (Å²) in [6.45, 7) is 2.53. The van der Waals surface area contributed by atoms with E-state index in [4.69, 9.17) is 5.73 Å². The van der Waals surface area contributed by atoms with E-state index < -0.39 is 11.8 Å². The van der Waals surface area contributed by atoms with Crippen molar-refractivity contribution in [1.29, 1.82) is 0 Å². The molecule has 1 rings (SSSR count). The lowest BCUT2D eigenvalue weighted by Gasteiger charge is -2.22. The van der Waals surface area contributed by atoms with Crippen molar-refractivity contribution in [2.24, 2.45) is 5.73 Å². The van der Waals surface area contributed by atoms with Crippen LogP contribution < -0.4 is 10.6 Å². The smallest absolute Gasteiger partial charge is 0.236 e. The van der Waals surface area contributed by atoms with E-state index in [1.54, 1.807) is 0 Å². The third kappa shape index (κ3) is 5.33. The summed E-state index contributed by atoms with van der Waals surface area (Å²) in [6, 6.07) is 4.13. The Labute approximate surface area is 124 Å². The van der Waals surface area contributed by atoms with Gasteiger partial charge in [-0.15, -0.1) is 0 Å². The molecule has 0 aromatic heterocycles. The minimum atomic E-state index is -0.693. The summed E-state index contributed by atoms with van der Waals surface area (Å²) in [6.07, 6.45) is 3.53. The Balaban J connectivity index is 2.86. The lowest BCUT2D eigenvalue weighted by molar-refractivity contribution is -0.126. The van der Waals surface area contributed by atoms with Gasteiger partial charge < -0.3 is 20.8 Å². The molecule has 0 aliphatic heterocycles. The summed E-state index contributed by atoms with van der Waals surface area (Å²) in [7, 11) is 0. The van der Waals surface area contributed by atoms with E-state index in [2.05, 4.69) is 6.92 Å². The minimum absolute atomic E-state index is 0.257. The van der Waals surface area contributed by atoms with Gasteiger partial charge in [-0.05, 0) is 18.6 Å². The number of nitrogens with zero attached hydrogens (tertiary/aromatic N) is 1. The maximum Gasteiger partial charge on any atom is 0.236 e. The van der Waals surface area contributed by atoms with E-state index in [0.717, 1.165) is 25.7 Å². The van der Waals surface area contributed by atoms with E-state index in [0.29, 0.717) is 12.2 Å². The van der Waals surface area contributed by atoms with Crippen molar-refractivity contribution in [2.45, 2.75) is 39.0 Å². The lowest BCUT2D eigenvalue weighted by Crippen LogP contribution is -2.34. The van der Waals surface area contributed by atoms with Gasteiger partial charge in [-0.1, -0.05) is 26.2 Å². The van der Waals surface area contributed by atoms with Crippen LogP contribution in [0.1, 0.15) is 39.0 Å². The van der Waals surface area contributed by atoms with E-state index in [1.165, 1.54) is 23.1 Å². The molecular weight excluding hydrogens is 272 g/mol. The minimum Gasteiger partial charge on any atom is -0.504 e. The summed E-state index contributed by atoms with van der Waals surface area (Å²) in [4.78, 5) is 24.4. The van der Waals surface area contributed by atoms with Gasteiger partial charge in [0.15, 0.2) is 11.5 Å². The summed E-state index contributed by atoms with van der Waals surface area (Å²) < 4.78 is 0. The van der Waals surface area contributed by atoms with Crippen LogP contribution in [-0.4, -0.2) is 28.6 Å². The SMILES string of the molecule is CCCCCCN(C(=O)CC(N)=O)c1ccc(O)c(O)c1. The van der Waals surface area contributed by atoms with Crippen molar-refractivity contribution in [3.63, 3.8) is 0 Å². The van der Waals surface area contributed by atoms with Gasteiger partial charge in [0.05, 0.1) is 0 Å². The third-order valence-electron chi connectivity index (χ3n) is 3.13. The molecule has 0 aliphatic carbocycles. The maximum atomic E-state index is 12.1. The average molecular weight is 294 g/mol. The fraction of sp³-hybridized carbons (Fsp3) is 0.467. The highest BCUT2D eigenvalue weighted by Gasteiger charge is 2.18. The van der Waals surface area contributed by atoms with Crippen molar-refractivity contribution in [3.8, 4) is 11.5 Å². The van der Waals surface area contributed by atoms with Crippen LogP contribution in [0.3, 0.4) is 0 Å². The molecule has 0 bridgehead atoms. The number of phenolic OH excluding ortho intramolecular Hbond substituents is 2. The normalized spacial score (nSPS) is 10.3. The average Bonchev–Trinajstić information content (AvgIpc) is 2.41. The predicted octanol–water partition coefficient (Wildman–Crippen LogP) is 1.89. The first kappa shape index (κ1) is 16.8. The van der Waals surface area contributed by atoms with E-state index in [-0.39, 0.29) is 17.9 Å². The van der Waals surface area contributed by atoms with Gasteiger partial charge in [0, 0.05) is 18.3 Å². The van der Waals surface area contributed by atoms with Gasteiger partial charge in [0.25, 0.3) is 0 Å². The first-order chi connectivity index (χ1) is 9.95. The van der Waals surface area contributed by atoms with Gasteiger partial charge in [0.1, 0.15) is 6.42 Å². The number of unbranched alkanes of at least 4 members (excludes halogenated alkanes) is 3. The van der Waals surface area contributed by atoms with Crippen molar-refractivity contribution in [3.05, 3.63) is 18.2 Å². The molecule has 0 spiro atoms. The number of primary amides is 1. The van der Waals surface area contributed by atoms with E-state index in [1.807, 2.05) is 0 Å². The lowest BCUT2D eigenvalue weighted by atomic mass is 10.1. The maximum absolute atomic E-state index is 12.1. The van der Waals surface area contributed by atoms with Crippen molar-refractivity contribution in [2.75, 3.05) is 11.4 Å². The van der Waals surface area contributed by atoms with Crippen LogP contribution in [0.5, 0.6) is 11.5 Å². The highest BCUT2D eigenvalue weighted by molar-refractivity contribution is 6.04. The zero-order valence-electron chi connectivity index (χ0n) is 12.2. The summed E-state index contributed by atoms with van der Waals surface area (Å²) in [5.74, 6) is -1.67. The summed E-state index contributed by atoms with van der Waals surface area (Å²) >= 11 is 0. The number of benzene rings is 1. The van der Waals surface area contributed by atoms with Gasteiger partial charge in [-0.25, -0.2) is 0 Å². The standard InChI is InChI=1S/C15H22N2O4/c1-2-3-4-5-8-17(15(21)10-14(16)20)11-6-7-12(18)13(19)9-11/h6-7,9,18-19H,2-5,8,10H2,1H3,(H2,16,20). The van der Waals surface area contributed by atoms with Gasteiger partial charge in [-0.3, -0.25) is 9.59 Å². The quantitative estimate of drug-likeness (QED) is 0.387. The van der Waals surface area contributed by atoms with Crippen LogP contribution in [0.25, 0.3) is 0 Å². The fourth-order valence-electron chi connectivity index (χ4n) is 2.02. The molecule has 116 valence electrons. The van der Waals surface area contributed by atoms with Gasteiger partial charge >= 0.3 is 0 Å². The largest absolute Gasteiger partial charge is 0.504 e. The van der Waals surface area contributed by atoms with Crippen LogP contribution in [-0.2, 0) is 9.59 Å². The monoisotopic (exact) mass is 294 g/mol. The second-order valence-corrected chi connectivity index (χ2v) is 4.92. The molecule has 4 N–H and O–H groups in total. The van der Waals surface area contributed by atoms with Gasteiger partial charge in [-0.2, -0.15) is 0 Å². The number of aromatic hydroxyl groups is 2. The van der Waals surface area contributed by atoms with Gasteiger partial charge in [0.2, 0.25) is 11.8 Å². The second kappa shape index (κ2) is 8.14. The molecule has 0 saturated carbocycles. The molecular formula is C15H22N2O4. The van der Waals surface area contributed by atoms with Crippen LogP contribution in [0, 0.1) is 0 Å². The van der Waals surface area contributed by atoms with Crippen molar-refractivity contribution < 1.29 is 19.8 Å². The molecule has 1 aromatic rings. The first-order valence-electron chi connectivity index (χ1n) is 7.06. The number of hydrogen-bond donors (Lipinski definition) is 3. The Hall–Kier alpha value is -2.24. The highest BCUT2D eigenvalue weighted by Crippen LogP contribution is 2.30. The molecule has 1 aromatic carbocycles. The number of nitrogens with two attached hydrogens (primary N) is 1. The summed E-state index contributed by atoms with van der Waals surface area (Å²) in [5.41, 5.74) is 5.50. The molecule has 0 radical (unpaired) electrons. The molecule has 0 unspecified atom stereocenters. The highest BCUT2D eigenvalue weighted by atomic mass is 16.3. The third-order valence-corrected chi connectivity index (χ3v) is 3.13. The number of amides is 2. The zero-order chi connectivity index (χ0) is 15.8. The van der Waals surface area contributed by atoms with E-state index in [9.17, 15) is 19.8 Å². The number of anilines is 1. The Morgan fingerprint density at radius 2 is 1.86 bits per heavy atom. The molecule has 0 fully saturated rings. The fourth-order valence-corrected chi connectivity index (χ4v) is 2.02. The topological polar surface area (TPSA) is 104 Å². The first-order valence-corrected chi connectivity index (χ1v) is 7.06. The molecule has 6 nitrogen and oxygen atoms in total. The second-order valence-electron chi connectivity index (χ2n) is 4.92. The number of carbonyl (C=O) groups is 2.